The van der Waals surface area contributed by atoms with Crippen LogP contribution in [0.5, 0.6) is 0 Å². The Hall–Kier alpha value is -2.84. The fraction of sp³-hybridized carbons (Fsp3) is 0.364. The number of benzene rings is 2. The van der Waals surface area contributed by atoms with Crippen LogP contribution in [0.1, 0.15) is 43.5 Å². The van der Waals surface area contributed by atoms with Gasteiger partial charge in [0.15, 0.2) is 6.04 Å². The summed E-state index contributed by atoms with van der Waals surface area (Å²) in [7, 11) is -1.61. The van der Waals surface area contributed by atoms with E-state index >= 15 is 0 Å². The second kappa shape index (κ2) is 8.89. The molecule has 0 bridgehead atoms. The highest BCUT2D eigenvalue weighted by molar-refractivity contribution is 6.58. The maximum Gasteiger partial charge on any atom is 0.488 e. The van der Waals surface area contributed by atoms with Gasteiger partial charge in [-0.1, -0.05) is 48.5 Å². The molecule has 30 heavy (non-hydrogen) atoms. The summed E-state index contributed by atoms with van der Waals surface area (Å²) in [5, 5.41) is 18.9. The van der Waals surface area contributed by atoms with Crippen molar-refractivity contribution >= 4 is 24.6 Å². The average Bonchev–Trinajstić information content (AvgIpc) is 2.70. The molecular formula is C22H26BNO6. The van der Waals surface area contributed by atoms with Crippen molar-refractivity contribution in [1.82, 2.24) is 4.90 Å². The minimum Gasteiger partial charge on any atom is -0.459 e. The van der Waals surface area contributed by atoms with E-state index in [1.165, 1.54) is 11.0 Å². The van der Waals surface area contributed by atoms with Crippen molar-refractivity contribution in [3.8, 4) is 0 Å². The molecule has 0 spiro atoms. The van der Waals surface area contributed by atoms with Crippen LogP contribution in [0.3, 0.4) is 0 Å². The van der Waals surface area contributed by atoms with Gasteiger partial charge in [0.05, 0.1) is 0 Å². The van der Waals surface area contributed by atoms with Crippen LogP contribution in [-0.2, 0) is 27.3 Å². The Kier molecular flexibility index (Phi) is 6.48. The third-order valence-electron chi connectivity index (χ3n) is 4.77. The largest absolute Gasteiger partial charge is 0.488 e. The molecule has 1 atom stereocenters. The number of esters is 1. The Labute approximate surface area is 176 Å². The molecule has 0 saturated carbocycles. The molecule has 1 aliphatic heterocycles. The smallest absolute Gasteiger partial charge is 0.459 e. The maximum absolute atomic E-state index is 13.1. The average molecular weight is 411 g/mol. The van der Waals surface area contributed by atoms with E-state index in [9.17, 15) is 19.6 Å². The Morgan fingerprint density at radius 2 is 1.83 bits per heavy atom. The summed E-state index contributed by atoms with van der Waals surface area (Å²) < 4.78 is 11.0. The van der Waals surface area contributed by atoms with Crippen molar-refractivity contribution in [3.63, 3.8) is 0 Å². The lowest BCUT2D eigenvalue weighted by Gasteiger charge is -2.36. The van der Waals surface area contributed by atoms with Gasteiger partial charge >= 0.3 is 19.2 Å². The molecule has 8 heteroatoms. The van der Waals surface area contributed by atoms with Crippen molar-refractivity contribution in [2.45, 2.75) is 45.4 Å². The summed E-state index contributed by atoms with van der Waals surface area (Å²) in [5.41, 5.74) is 1.82. The molecule has 0 radical (unpaired) electrons. The first kappa shape index (κ1) is 21.9. The van der Waals surface area contributed by atoms with E-state index in [0.29, 0.717) is 17.4 Å². The maximum atomic E-state index is 13.1. The molecular weight excluding hydrogens is 385 g/mol. The second-order valence-electron chi connectivity index (χ2n) is 8.25. The van der Waals surface area contributed by atoms with E-state index in [1.807, 2.05) is 30.3 Å². The van der Waals surface area contributed by atoms with Gasteiger partial charge in [0.2, 0.25) is 0 Å². The van der Waals surface area contributed by atoms with Crippen molar-refractivity contribution in [2.75, 3.05) is 6.54 Å². The minimum atomic E-state index is -1.61. The normalized spacial score (nSPS) is 15.9. The summed E-state index contributed by atoms with van der Waals surface area (Å²) >= 11 is 0. The number of carbonyl (C=O) groups excluding carboxylic acids is 2. The van der Waals surface area contributed by atoms with E-state index in [-0.39, 0.29) is 13.2 Å². The Balaban J connectivity index is 1.89. The Bertz CT molecular complexity index is 910. The van der Waals surface area contributed by atoms with Gasteiger partial charge in [-0.3, -0.25) is 4.90 Å². The standard InChI is InChI=1S/C22H26BNO6/c1-22(2,3)30-21(26)24-12-11-16-13-17(23(27)28)9-10-18(16)19(24)20(25)29-14-15-7-5-4-6-8-15/h4-10,13,19,27-28H,11-12,14H2,1-3H3. The summed E-state index contributed by atoms with van der Waals surface area (Å²) in [6.07, 6.45) is -0.140. The molecule has 1 unspecified atom stereocenters. The Morgan fingerprint density at radius 3 is 2.47 bits per heavy atom. The van der Waals surface area contributed by atoms with Crippen LogP contribution in [0, 0.1) is 0 Å². The third kappa shape index (κ3) is 5.20. The monoisotopic (exact) mass is 411 g/mol. The number of fused-ring (bicyclic) bond motifs is 1. The summed E-state index contributed by atoms with van der Waals surface area (Å²) in [6, 6.07) is 13.1. The molecule has 0 fully saturated rings. The molecule has 3 rings (SSSR count). The summed E-state index contributed by atoms with van der Waals surface area (Å²) in [6.45, 7) is 5.63. The van der Waals surface area contributed by atoms with Crippen LogP contribution in [0.25, 0.3) is 0 Å². The molecule has 158 valence electrons. The number of rotatable bonds is 4. The van der Waals surface area contributed by atoms with Gasteiger partial charge in [-0.05, 0) is 49.3 Å². The highest BCUT2D eigenvalue weighted by atomic mass is 16.6. The fourth-order valence-electron chi connectivity index (χ4n) is 3.39. The molecule has 7 nitrogen and oxygen atoms in total. The van der Waals surface area contributed by atoms with Gasteiger partial charge in [0.25, 0.3) is 0 Å². The molecule has 2 aromatic carbocycles. The van der Waals surface area contributed by atoms with E-state index in [0.717, 1.165) is 11.1 Å². The molecule has 1 amide bonds. The highest BCUT2D eigenvalue weighted by Crippen LogP contribution is 2.32. The van der Waals surface area contributed by atoms with Crippen LogP contribution in [-0.4, -0.2) is 46.3 Å². The Morgan fingerprint density at radius 1 is 1.13 bits per heavy atom. The van der Waals surface area contributed by atoms with Crippen LogP contribution in [0.2, 0.25) is 0 Å². The molecule has 1 aliphatic rings. The van der Waals surface area contributed by atoms with E-state index < -0.39 is 30.8 Å². The van der Waals surface area contributed by atoms with Crippen molar-refractivity contribution in [2.24, 2.45) is 0 Å². The van der Waals surface area contributed by atoms with E-state index in [4.69, 9.17) is 9.47 Å². The van der Waals surface area contributed by atoms with Gasteiger partial charge < -0.3 is 19.5 Å². The zero-order chi connectivity index (χ0) is 21.9. The first-order chi connectivity index (χ1) is 14.2. The molecule has 0 saturated heterocycles. The quantitative estimate of drug-likeness (QED) is 0.590. The van der Waals surface area contributed by atoms with Crippen molar-refractivity contribution < 1.29 is 29.1 Å². The number of ether oxygens (including phenoxy) is 2. The van der Waals surface area contributed by atoms with Crippen molar-refractivity contribution in [1.29, 1.82) is 0 Å². The fourth-order valence-corrected chi connectivity index (χ4v) is 3.39. The third-order valence-corrected chi connectivity index (χ3v) is 4.77. The highest BCUT2D eigenvalue weighted by Gasteiger charge is 2.39. The molecule has 0 aromatic heterocycles. The van der Waals surface area contributed by atoms with Gasteiger partial charge in [0.1, 0.15) is 12.2 Å². The van der Waals surface area contributed by atoms with Gasteiger partial charge in [-0.2, -0.15) is 0 Å². The lowest BCUT2D eigenvalue weighted by atomic mass is 9.77. The molecule has 2 aromatic rings. The lowest BCUT2D eigenvalue weighted by Crippen LogP contribution is -2.46. The minimum absolute atomic E-state index is 0.0844. The van der Waals surface area contributed by atoms with Crippen molar-refractivity contribution in [3.05, 3.63) is 65.2 Å². The summed E-state index contributed by atoms with van der Waals surface area (Å²) in [4.78, 5) is 27.2. The number of amides is 1. The first-order valence-electron chi connectivity index (χ1n) is 9.85. The second-order valence-corrected chi connectivity index (χ2v) is 8.25. The first-order valence-corrected chi connectivity index (χ1v) is 9.85. The van der Waals surface area contributed by atoms with Gasteiger partial charge in [-0.15, -0.1) is 0 Å². The number of nitrogens with zero attached hydrogens (tertiary/aromatic N) is 1. The predicted octanol–water partition coefficient (Wildman–Crippen LogP) is 1.94. The predicted molar refractivity (Wildman–Crippen MR) is 112 cm³/mol. The van der Waals surface area contributed by atoms with Gasteiger partial charge in [-0.25, -0.2) is 9.59 Å². The molecule has 1 heterocycles. The SMILES string of the molecule is CC(C)(C)OC(=O)N1CCc2cc(B(O)O)ccc2C1C(=O)OCc1ccccc1. The summed E-state index contributed by atoms with van der Waals surface area (Å²) in [5.74, 6) is -0.567. The van der Waals surface area contributed by atoms with Crippen LogP contribution in [0.15, 0.2) is 48.5 Å². The number of hydrogen-bond donors (Lipinski definition) is 2. The van der Waals surface area contributed by atoms with Crippen LogP contribution in [0.4, 0.5) is 4.79 Å². The molecule has 0 aliphatic carbocycles. The van der Waals surface area contributed by atoms with Crippen LogP contribution >= 0.6 is 0 Å². The molecule has 2 N–H and O–H groups in total. The zero-order valence-electron chi connectivity index (χ0n) is 17.4. The van der Waals surface area contributed by atoms with E-state index in [2.05, 4.69) is 0 Å². The topological polar surface area (TPSA) is 96.3 Å². The number of hydrogen-bond acceptors (Lipinski definition) is 6. The van der Waals surface area contributed by atoms with Gasteiger partial charge in [0, 0.05) is 6.54 Å². The zero-order valence-corrected chi connectivity index (χ0v) is 17.4. The lowest BCUT2D eigenvalue weighted by molar-refractivity contribution is -0.152. The van der Waals surface area contributed by atoms with E-state index in [1.54, 1.807) is 32.9 Å². The van der Waals surface area contributed by atoms with Crippen LogP contribution < -0.4 is 5.46 Å². The number of carbonyl (C=O) groups is 2.